The number of aryl methyl sites for hydroxylation is 1. The van der Waals surface area contributed by atoms with Crippen LogP contribution in [0.3, 0.4) is 0 Å². The number of aliphatic hydroxyl groups is 1. The van der Waals surface area contributed by atoms with Crippen LogP contribution < -0.4 is 5.32 Å². The predicted molar refractivity (Wildman–Crippen MR) is 138 cm³/mol. The smallest absolute Gasteiger partial charge is 0.390 e. The summed E-state index contributed by atoms with van der Waals surface area (Å²) in [5, 5.41) is 26.7. The first-order valence-electron chi connectivity index (χ1n) is 12.0. The summed E-state index contributed by atoms with van der Waals surface area (Å²) < 4.78 is 70.3. The second-order valence-corrected chi connectivity index (χ2v) is 13.3. The highest BCUT2D eigenvalue weighted by atomic mass is 32.2. The minimum atomic E-state index is -4.74. The van der Waals surface area contributed by atoms with Crippen molar-refractivity contribution in [1.29, 1.82) is 5.26 Å². The molecule has 2 N–H and O–H groups in total. The molecular formula is C24H28F3N7O3S2. The molecule has 1 aliphatic rings. The van der Waals surface area contributed by atoms with Crippen molar-refractivity contribution in [1.82, 2.24) is 24.1 Å². The van der Waals surface area contributed by atoms with Crippen molar-refractivity contribution in [2.24, 2.45) is 13.0 Å². The lowest BCUT2D eigenvalue weighted by atomic mass is 9.95. The van der Waals surface area contributed by atoms with Gasteiger partial charge in [0.15, 0.2) is 0 Å². The summed E-state index contributed by atoms with van der Waals surface area (Å²) in [6.07, 6.45) is -0.836. The minimum Gasteiger partial charge on any atom is -0.390 e. The summed E-state index contributed by atoms with van der Waals surface area (Å²) in [6.45, 7) is 5.34. The van der Waals surface area contributed by atoms with E-state index >= 15 is 0 Å². The van der Waals surface area contributed by atoms with Gasteiger partial charge in [-0.25, -0.2) is 18.4 Å². The van der Waals surface area contributed by atoms with Crippen LogP contribution in [0.1, 0.15) is 43.2 Å². The molecule has 0 spiro atoms. The summed E-state index contributed by atoms with van der Waals surface area (Å²) in [5.74, 6) is -0.237. The zero-order valence-corrected chi connectivity index (χ0v) is 23.3. The Morgan fingerprint density at radius 2 is 2.03 bits per heavy atom. The molecule has 0 amide bonds. The highest BCUT2D eigenvalue weighted by Crippen LogP contribution is 2.40. The Balaban J connectivity index is 1.59. The van der Waals surface area contributed by atoms with Gasteiger partial charge in [0.25, 0.3) is 0 Å². The molecule has 0 radical (unpaired) electrons. The topological polar surface area (TPSA) is 137 Å². The number of halogens is 3. The fourth-order valence-electron chi connectivity index (χ4n) is 4.40. The molecule has 1 fully saturated rings. The summed E-state index contributed by atoms with van der Waals surface area (Å²) in [6, 6.07) is 3.03. The average molecular weight is 584 g/mol. The van der Waals surface area contributed by atoms with Crippen LogP contribution in [0.25, 0.3) is 10.6 Å². The molecule has 2 atom stereocenters. The van der Waals surface area contributed by atoms with E-state index in [1.165, 1.54) is 27.4 Å². The highest BCUT2D eigenvalue weighted by Gasteiger charge is 2.38. The maximum absolute atomic E-state index is 13.9. The monoisotopic (exact) mass is 583 g/mol. The summed E-state index contributed by atoms with van der Waals surface area (Å²) in [7, 11) is -2.10. The summed E-state index contributed by atoms with van der Waals surface area (Å²) >= 11 is 0.972. The van der Waals surface area contributed by atoms with Crippen LogP contribution in [0.2, 0.25) is 0 Å². The SMILES string of the molecule is C[C@@H]1CN(S(=O)(=O)c2cnn(C)c2)CC[C@@H]1Nc1ncc(C(F)(F)F)c(-c2cc(C#N)c(CC(C)(C)O)s2)n1. The van der Waals surface area contributed by atoms with Crippen LogP contribution in [-0.2, 0) is 29.7 Å². The first kappa shape index (κ1) is 28.9. The fraction of sp³-hybridized carbons (Fsp3) is 0.500. The van der Waals surface area contributed by atoms with E-state index in [1.54, 1.807) is 20.9 Å². The zero-order chi connectivity index (χ0) is 28.8. The summed E-state index contributed by atoms with van der Waals surface area (Å²) in [4.78, 5) is 8.78. The van der Waals surface area contributed by atoms with Gasteiger partial charge in [-0.15, -0.1) is 11.3 Å². The van der Waals surface area contributed by atoms with Crippen LogP contribution in [0.5, 0.6) is 0 Å². The van der Waals surface area contributed by atoms with Gasteiger partial charge in [-0.1, -0.05) is 6.92 Å². The molecule has 210 valence electrons. The third-order valence-electron chi connectivity index (χ3n) is 6.35. The highest BCUT2D eigenvalue weighted by molar-refractivity contribution is 7.89. The molecule has 0 unspecified atom stereocenters. The Hall–Kier alpha value is -3.06. The van der Waals surface area contributed by atoms with Crippen molar-refractivity contribution in [2.75, 3.05) is 18.4 Å². The Labute approximate surface area is 228 Å². The Morgan fingerprint density at radius 1 is 1.31 bits per heavy atom. The van der Waals surface area contributed by atoms with Gasteiger partial charge in [-0.05, 0) is 32.3 Å². The quantitative estimate of drug-likeness (QED) is 0.430. The van der Waals surface area contributed by atoms with Crippen LogP contribution in [0, 0.1) is 17.2 Å². The number of nitrogens with zero attached hydrogens (tertiary/aromatic N) is 6. The molecule has 4 heterocycles. The fourth-order valence-corrected chi connectivity index (χ4v) is 7.27. The van der Waals surface area contributed by atoms with Gasteiger partial charge in [0.1, 0.15) is 16.5 Å². The molecule has 0 saturated carbocycles. The third kappa shape index (κ3) is 6.40. The van der Waals surface area contributed by atoms with E-state index in [1.807, 2.05) is 13.0 Å². The molecule has 0 aromatic carbocycles. The molecule has 4 rings (SSSR count). The molecule has 15 heteroatoms. The third-order valence-corrected chi connectivity index (χ3v) is 9.31. The molecule has 0 bridgehead atoms. The molecule has 3 aromatic heterocycles. The number of piperidine rings is 1. The number of thiophene rings is 1. The van der Waals surface area contributed by atoms with E-state index in [2.05, 4.69) is 20.4 Å². The van der Waals surface area contributed by atoms with Crippen LogP contribution in [0.15, 0.2) is 29.6 Å². The first-order valence-corrected chi connectivity index (χ1v) is 14.3. The molecule has 10 nitrogen and oxygen atoms in total. The predicted octanol–water partition coefficient (Wildman–Crippen LogP) is 3.65. The van der Waals surface area contributed by atoms with E-state index in [9.17, 15) is 32.0 Å². The van der Waals surface area contributed by atoms with Gasteiger partial charge in [-0.3, -0.25) is 4.68 Å². The van der Waals surface area contributed by atoms with Gasteiger partial charge in [0, 0.05) is 49.9 Å². The molecule has 1 aliphatic heterocycles. The largest absolute Gasteiger partial charge is 0.420 e. The van der Waals surface area contributed by atoms with Crippen molar-refractivity contribution >= 4 is 27.3 Å². The van der Waals surface area contributed by atoms with Gasteiger partial charge >= 0.3 is 6.18 Å². The second kappa shape index (κ2) is 10.5. The van der Waals surface area contributed by atoms with Crippen molar-refractivity contribution in [2.45, 2.75) is 56.3 Å². The molecule has 39 heavy (non-hydrogen) atoms. The standard InChI is InChI=1S/C24H28F3N7O3S2/c1-14-12-34(39(36,37)16-10-30-33(4)13-16)6-5-18(14)31-22-29-11-17(24(25,26)27)21(32-22)19-7-15(9-28)20(38-19)8-23(2,3)35/h7,10-11,13-14,18,35H,5-6,8,12H2,1-4H3,(H,29,31,32)/t14-,18+/m1/s1. The first-order chi connectivity index (χ1) is 18.1. The molecule has 3 aromatic rings. The normalized spacial score (nSPS) is 19.2. The second-order valence-electron chi connectivity index (χ2n) is 10.2. The van der Waals surface area contributed by atoms with Crippen LogP contribution >= 0.6 is 11.3 Å². The zero-order valence-electron chi connectivity index (χ0n) is 21.7. The van der Waals surface area contributed by atoms with Crippen molar-refractivity contribution < 1.29 is 26.7 Å². The lowest BCUT2D eigenvalue weighted by Gasteiger charge is -2.36. The lowest BCUT2D eigenvalue weighted by molar-refractivity contribution is -0.137. The number of nitrogens with one attached hydrogen (secondary N) is 1. The molecule has 0 aliphatic carbocycles. The Kier molecular flexibility index (Phi) is 7.78. The number of anilines is 1. The van der Waals surface area contributed by atoms with E-state index in [4.69, 9.17) is 0 Å². The summed E-state index contributed by atoms with van der Waals surface area (Å²) in [5.41, 5.74) is -2.39. The van der Waals surface area contributed by atoms with Crippen LogP contribution in [-0.4, -0.2) is 62.3 Å². The van der Waals surface area contributed by atoms with Crippen molar-refractivity contribution in [3.8, 4) is 16.6 Å². The molecular weight excluding hydrogens is 555 g/mol. The number of alkyl halides is 3. The number of aromatic nitrogens is 4. The Bertz CT molecular complexity index is 1500. The van der Waals surface area contributed by atoms with E-state index < -0.39 is 27.4 Å². The Morgan fingerprint density at radius 3 is 2.59 bits per heavy atom. The maximum atomic E-state index is 13.9. The van der Waals surface area contributed by atoms with Crippen molar-refractivity contribution in [3.63, 3.8) is 0 Å². The van der Waals surface area contributed by atoms with Gasteiger partial charge in [0.05, 0.1) is 27.9 Å². The molecule has 1 saturated heterocycles. The van der Waals surface area contributed by atoms with E-state index in [0.717, 1.165) is 11.3 Å². The average Bonchev–Trinajstić information content (AvgIpc) is 3.44. The van der Waals surface area contributed by atoms with Gasteiger partial charge in [-0.2, -0.15) is 27.8 Å². The van der Waals surface area contributed by atoms with E-state index in [0.29, 0.717) is 17.5 Å². The lowest BCUT2D eigenvalue weighted by Crippen LogP contribution is -2.47. The van der Waals surface area contributed by atoms with Gasteiger partial charge in [0.2, 0.25) is 16.0 Å². The number of sulfonamides is 1. The number of rotatable bonds is 7. The van der Waals surface area contributed by atoms with Crippen LogP contribution in [0.4, 0.5) is 19.1 Å². The van der Waals surface area contributed by atoms with Crippen molar-refractivity contribution in [3.05, 3.63) is 40.7 Å². The number of hydrogen-bond donors (Lipinski definition) is 2. The maximum Gasteiger partial charge on any atom is 0.420 e. The number of nitriles is 1. The minimum absolute atomic E-state index is 0.0330. The van der Waals surface area contributed by atoms with Gasteiger partial charge < -0.3 is 10.4 Å². The van der Waals surface area contributed by atoms with E-state index in [-0.39, 0.29) is 58.4 Å². The number of hydrogen-bond acceptors (Lipinski definition) is 9.